The largest absolute Gasteiger partial charge is 0.366 e. The number of hydrogen-bond donors (Lipinski definition) is 1. The van der Waals surface area contributed by atoms with Crippen LogP contribution < -0.4 is 10.2 Å². The molecule has 1 fully saturated rings. The summed E-state index contributed by atoms with van der Waals surface area (Å²) in [6.07, 6.45) is 2.43. The van der Waals surface area contributed by atoms with Crippen molar-refractivity contribution in [1.82, 2.24) is 5.32 Å². The first-order chi connectivity index (χ1) is 8.92. The molecule has 0 aromatic heterocycles. The van der Waals surface area contributed by atoms with Crippen molar-refractivity contribution in [2.24, 2.45) is 0 Å². The van der Waals surface area contributed by atoms with Gasteiger partial charge in [-0.1, -0.05) is 11.6 Å². The zero-order chi connectivity index (χ0) is 13.7. The highest BCUT2D eigenvalue weighted by Gasteiger charge is 2.45. The van der Waals surface area contributed by atoms with Crippen molar-refractivity contribution in [3.8, 4) is 0 Å². The van der Waals surface area contributed by atoms with Crippen molar-refractivity contribution in [2.75, 3.05) is 24.5 Å². The number of fused-ring (bicyclic) bond motifs is 2. The van der Waals surface area contributed by atoms with Crippen LogP contribution in [0.25, 0.3) is 0 Å². The molecule has 0 unspecified atom stereocenters. The Labute approximate surface area is 121 Å². The van der Waals surface area contributed by atoms with E-state index in [1.807, 2.05) is 6.07 Å². The summed E-state index contributed by atoms with van der Waals surface area (Å²) in [5.74, 6) is 0. The molecule has 1 saturated heterocycles. The van der Waals surface area contributed by atoms with Crippen LogP contribution in [-0.4, -0.2) is 25.2 Å². The maximum Gasteiger partial charge on any atom is 0.0410 e. The minimum Gasteiger partial charge on any atom is -0.366 e. The number of piperidine rings is 1. The number of halogens is 1. The summed E-state index contributed by atoms with van der Waals surface area (Å²) in [5, 5.41) is 4.35. The molecule has 1 aromatic rings. The summed E-state index contributed by atoms with van der Waals surface area (Å²) in [4.78, 5) is 2.56. The van der Waals surface area contributed by atoms with E-state index >= 15 is 0 Å². The van der Waals surface area contributed by atoms with Gasteiger partial charge in [0.1, 0.15) is 0 Å². The van der Waals surface area contributed by atoms with E-state index in [-0.39, 0.29) is 5.54 Å². The average molecular weight is 279 g/mol. The molecule has 2 nitrogen and oxygen atoms in total. The molecule has 19 heavy (non-hydrogen) atoms. The third-order valence-corrected chi connectivity index (χ3v) is 4.89. The second kappa shape index (κ2) is 4.39. The van der Waals surface area contributed by atoms with Gasteiger partial charge in [-0.15, -0.1) is 0 Å². The number of hydrogen-bond acceptors (Lipinski definition) is 2. The Kier molecular flexibility index (Phi) is 3.06. The highest BCUT2D eigenvalue weighted by Crippen LogP contribution is 2.49. The van der Waals surface area contributed by atoms with Crippen LogP contribution in [0.4, 0.5) is 5.69 Å². The van der Waals surface area contributed by atoms with Gasteiger partial charge >= 0.3 is 0 Å². The van der Waals surface area contributed by atoms with Crippen LogP contribution in [0.3, 0.4) is 0 Å². The topological polar surface area (TPSA) is 15.3 Å². The van der Waals surface area contributed by atoms with Crippen molar-refractivity contribution in [3.63, 3.8) is 0 Å². The Balaban J connectivity index is 2.10. The van der Waals surface area contributed by atoms with E-state index in [0.29, 0.717) is 5.41 Å². The van der Waals surface area contributed by atoms with Crippen LogP contribution in [0.5, 0.6) is 0 Å². The molecule has 1 aromatic carbocycles. The van der Waals surface area contributed by atoms with E-state index in [4.69, 9.17) is 11.6 Å². The lowest BCUT2D eigenvalue weighted by atomic mass is 9.75. The predicted octanol–water partition coefficient (Wildman–Crippen LogP) is 3.58. The Morgan fingerprint density at radius 1 is 1.21 bits per heavy atom. The molecule has 1 N–H and O–H groups in total. The molecule has 0 amide bonds. The second-order valence-electron chi connectivity index (χ2n) is 6.95. The number of anilines is 1. The molecule has 3 heteroatoms. The zero-order valence-electron chi connectivity index (χ0n) is 12.1. The van der Waals surface area contributed by atoms with Crippen LogP contribution in [0, 0.1) is 0 Å². The summed E-state index contributed by atoms with van der Waals surface area (Å²) >= 11 is 6.25. The number of nitrogens with one attached hydrogen (secondary N) is 1. The van der Waals surface area contributed by atoms with Crippen LogP contribution in [0.1, 0.15) is 39.2 Å². The van der Waals surface area contributed by atoms with Gasteiger partial charge < -0.3 is 10.2 Å². The molecule has 1 spiro atoms. The third kappa shape index (κ3) is 2.15. The minimum absolute atomic E-state index is 0.164. The van der Waals surface area contributed by atoms with Gasteiger partial charge in [0.05, 0.1) is 0 Å². The lowest BCUT2D eigenvalue weighted by Crippen LogP contribution is -2.47. The van der Waals surface area contributed by atoms with Crippen LogP contribution in [0.15, 0.2) is 18.2 Å². The van der Waals surface area contributed by atoms with Crippen LogP contribution in [-0.2, 0) is 5.41 Å². The van der Waals surface area contributed by atoms with Gasteiger partial charge in [-0.25, -0.2) is 0 Å². The summed E-state index contributed by atoms with van der Waals surface area (Å²) in [6.45, 7) is 10.3. The summed E-state index contributed by atoms with van der Waals surface area (Å²) in [7, 11) is 0. The normalized spacial score (nSPS) is 21.8. The van der Waals surface area contributed by atoms with Gasteiger partial charge in [0.15, 0.2) is 0 Å². The molecule has 2 aliphatic heterocycles. The molecule has 0 bridgehead atoms. The van der Waals surface area contributed by atoms with E-state index in [2.05, 4.69) is 43.1 Å². The highest BCUT2D eigenvalue weighted by atomic mass is 35.5. The Bertz CT molecular complexity index is 484. The van der Waals surface area contributed by atoms with E-state index in [1.54, 1.807) is 0 Å². The van der Waals surface area contributed by atoms with E-state index in [9.17, 15) is 0 Å². The lowest BCUT2D eigenvalue weighted by Gasteiger charge is -2.39. The smallest absolute Gasteiger partial charge is 0.0410 e. The first kappa shape index (κ1) is 13.3. The SMILES string of the molecule is CC(C)(C)N1CC2(CCNCC2)c2cc(Cl)ccc21. The maximum atomic E-state index is 6.25. The van der Waals surface area contributed by atoms with Gasteiger partial charge in [-0.3, -0.25) is 0 Å². The lowest BCUT2D eigenvalue weighted by molar-refractivity contribution is 0.312. The molecule has 0 radical (unpaired) electrons. The minimum atomic E-state index is 0.164. The van der Waals surface area contributed by atoms with Crippen molar-refractivity contribution in [3.05, 3.63) is 28.8 Å². The number of benzene rings is 1. The Hall–Kier alpha value is -0.730. The quantitative estimate of drug-likeness (QED) is 0.780. The molecule has 3 rings (SSSR count). The molecule has 2 aliphatic rings. The van der Waals surface area contributed by atoms with Gasteiger partial charge in [0, 0.05) is 28.2 Å². The molecule has 0 atom stereocenters. The molecule has 0 saturated carbocycles. The van der Waals surface area contributed by atoms with Gasteiger partial charge in [0.25, 0.3) is 0 Å². The fraction of sp³-hybridized carbons (Fsp3) is 0.625. The van der Waals surface area contributed by atoms with Crippen molar-refractivity contribution >= 4 is 17.3 Å². The maximum absolute atomic E-state index is 6.25. The fourth-order valence-corrected chi connectivity index (χ4v) is 3.74. The molecule has 0 aliphatic carbocycles. The summed E-state index contributed by atoms with van der Waals surface area (Å²) in [6, 6.07) is 6.44. The zero-order valence-corrected chi connectivity index (χ0v) is 12.8. The Morgan fingerprint density at radius 2 is 1.89 bits per heavy atom. The summed E-state index contributed by atoms with van der Waals surface area (Å²) in [5.41, 5.74) is 3.32. The average Bonchev–Trinajstić information content (AvgIpc) is 2.65. The van der Waals surface area contributed by atoms with Crippen LogP contribution >= 0.6 is 11.6 Å². The molecular weight excluding hydrogens is 256 g/mol. The van der Waals surface area contributed by atoms with Crippen molar-refractivity contribution < 1.29 is 0 Å². The fourth-order valence-electron chi connectivity index (χ4n) is 3.57. The van der Waals surface area contributed by atoms with Crippen LogP contribution in [0.2, 0.25) is 5.02 Å². The number of rotatable bonds is 0. The van der Waals surface area contributed by atoms with Gasteiger partial charge in [0.2, 0.25) is 0 Å². The molecule has 2 heterocycles. The van der Waals surface area contributed by atoms with E-state index in [1.165, 1.54) is 24.1 Å². The standard InChI is InChI=1S/C16H23ClN2/c1-15(2,3)19-11-16(6-8-18-9-7-16)13-10-12(17)4-5-14(13)19/h4-5,10,18H,6-9,11H2,1-3H3. The monoisotopic (exact) mass is 278 g/mol. The molecule has 104 valence electrons. The second-order valence-corrected chi connectivity index (χ2v) is 7.39. The number of nitrogens with zero attached hydrogens (tertiary/aromatic N) is 1. The van der Waals surface area contributed by atoms with Gasteiger partial charge in [-0.05, 0) is 70.5 Å². The summed E-state index contributed by atoms with van der Waals surface area (Å²) < 4.78 is 0. The third-order valence-electron chi connectivity index (χ3n) is 4.65. The van der Waals surface area contributed by atoms with E-state index < -0.39 is 0 Å². The highest BCUT2D eigenvalue weighted by molar-refractivity contribution is 6.30. The van der Waals surface area contributed by atoms with Gasteiger partial charge in [-0.2, -0.15) is 0 Å². The van der Waals surface area contributed by atoms with Crippen molar-refractivity contribution in [2.45, 2.75) is 44.6 Å². The predicted molar refractivity (Wildman–Crippen MR) is 82.3 cm³/mol. The van der Waals surface area contributed by atoms with Crippen molar-refractivity contribution in [1.29, 1.82) is 0 Å². The van der Waals surface area contributed by atoms with E-state index in [0.717, 1.165) is 24.7 Å². The Morgan fingerprint density at radius 3 is 2.53 bits per heavy atom. The first-order valence-electron chi connectivity index (χ1n) is 7.21. The first-order valence-corrected chi connectivity index (χ1v) is 7.59. The molecular formula is C16H23ClN2.